The number of hydrogen-bond donors (Lipinski definition) is 2. The summed E-state index contributed by atoms with van der Waals surface area (Å²) in [7, 11) is 0. The van der Waals surface area contributed by atoms with Gasteiger partial charge in [-0.25, -0.2) is 4.99 Å². The molecule has 6 aliphatic carbocycles. The molecule has 4 heteroatoms. The maximum Gasteiger partial charge on any atom is 0.215 e. The summed E-state index contributed by atoms with van der Waals surface area (Å²) >= 11 is 0. The lowest BCUT2D eigenvalue weighted by atomic mass is 9.61. The van der Waals surface area contributed by atoms with Gasteiger partial charge in [-0.3, -0.25) is 4.79 Å². The van der Waals surface area contributed by atoms with Crippen molar-refractivity contribution < 1.29 is 9.90 Å². The van der Waals surface area contributed by atoms with Gasteiger partial charge >= 0.3 is 0 Å². The van der Waals surface area contributed by atoms with Gasteiger partial charge in [0.05, 0.1) is 16.8 Å². The molecule has 1 aliphatic heterocycles. The minimum absolute atomic E-state index is 0.0796. The van der Waals surface area contributed by atoms with E-state index in [1.807, 2.05) is 0 Å². The lowest BCUT2D eigenvalue weighted by Crippen LogP contribution is -2.27. The minimum Gasteiger partial charge on any atom is -0.505 e. The van der Waals surface area contributed by atoms with Gasteiger partial charge in [0.15, 0.2) is 5.75 Å². The first-order valence-electron chi connectivity index (χ1n) is 16.7. The molecule has 6 aromatic carbocycles. The number of aliphatic imine (C=N–C) groups is 1. The number of rotatable bonds is 1. The monoisotopic (exact) mass is 614 g/mol. The minimum atomic E-state index is -0.151. The van der Waals surface area contributed by atoms with Crippen LogP contribution in [0.25, 0.3) is 10.9 Å². The Labute approximate surface area is 276 Å². The number of nitrogens with zero attached hydrogens (tertiary/aromatic N) is 1. The number of hydrogen-bond acceptors (Lipinski definition) is 3. The zero-order chi connectivity index (χ0) is 31.4. The van der Waals surface area contributed by atoms with E-state index in [9.17, 15) is 9.90 Å². The number of Topliss-reactive ketones (excluding diaryl/α,β-unsaturated/α-hetero) is 1. The van der Waals surface area contributed by atoms with Crippen LogP contribution >= 0.6 is 0 Å². The first-order valence-corrected chi connectivity index (χ1v) is 16.7. The summed E-state index contributed by atoms with van der Waals surface area (Å²) in [5.41, 5.74) is 18.3. The number of aromatic hydroxyl groups is 1. The van der Waals surface area contributed by atoms with E-state index in [0.717, 1.165) is 10.9 Å². The highest BCUT2D eigenvalue weighted by Crippen LogP contribution is 2.58. The molecule has 0 radical (unpaired) electrons. The van der Waals surface area contributed by atoms with Crippen molar-refractivity contribution in [3.63, 3.8) is 0 Å². The van der Waals surface area contributed by atoms with Crippen LogP contribution in [0.2, 0.25) is 0 Å². The van der Waals surface area contributed by atoms with E-state index in [0.29, 0.717) is 16.9 Å². The molecule has 4 nitrogen and oxygen atoms in total. The van der Waals surface area contributed by atoms with Crippen molar-refractivity contribution in [2.75, 3.05) is 0 Å². The molecule has 7 aliphatic rings. The maximum atomic E-state index is 14.2. The normalized spacial score (nSPS) is 21.2. The number of ketones is 1. The van der Waals surface area contributed by atoms with Crippen LogP contribution in [0.4, 0.5) is 5.69 Å². The van der Waals surface area contributed by atoms with Gasteiger partial charge in [-0.15, -0.1) is 0 Å². The number of aromatic amines is 1. The molecule has 0 unspecified atom stereocenters. The number of nitrogens with one attached hydrogen (secondary N) is 1. The van der Waals surface area contributed by atoms with Gasteiger partial charge in [0.25, 0.3) is 0 Å². The Bertz CT molecular complexity index is 2600. The average molecular weight is 615 g/mol. The lowest BCUT2D eigenvalue weighted by molar-refractivity contribution is 0.106. The van der Waals surface area contributed by atoms with Crippen LogP contribution in [0.15, 0.2) is 126 Å². The number of aromatic nitrogens is 1. The van der Waals surface area contributed by atoms with Crippen molar-refractivity contribution in [3.8, 4) is 5.75 Å². The zero-order valence-corrected chi connectivity index (χ0v) is 25.7. The van der Waals surface area contributed by atoms with Gasteiger partial charge in [0.2, 0.25) is 5.78 Å². The van der Waals surface area contributed by atoms with E-state index in [2.05, 4.69) is 126 Å². The molecule has 48 heavy (non-hydrogen) atoms. The standard InChI is InChI=1S/C44H26N2O2/c47-43-33-17-29-31(39-25-13-5-1-9-21(25)37(29)22-10-2-6-14-26(22)39)19-35(33)45-41(43)42-44(48)34-18-30-32(20-36(34)46-42)40-27-15-7-3-11-23(27)38(30)24-12-4-8-16-28(24)40/h1-20,37-40,45,47H. The molecule has 224 valence electrons. The molecule has 0 saturated heterocycles. The Morgan fingerprint density at radius 1 is 0.500 bits per heavy atom. The van der Waals surface area contributed by atoms with Crippen LogP contribution in [0.1, 0.15) is 106 Å². The Kier molecular flexibility index (Phi) is 4.44. The summed E-state index contributed by atoms with van der Waals surface area (Å²) in [5.74, 6) is 0.344. The van der Waals surface area contributed by atoms with E-state index in [4.69, 9.17) is 4.99 Å². The summed E-state index contributed by atoms with van der Waals surface area (Å²) in [6.07, 6.45) is 0. The number of benzene rings is 6. The van der Waals surface area contributed by atoms with Gasteiger partial charge < -0.3 is 10.1 Å². The average Bonchev–Trinajstić information content (AvgIpc) is 3.63. The van der Waals surface area contributed by atoms with E-state index < -0.39 is 0 Å². The largest absolute Gasteiger partial charge is 0.505 e. The van der Waals surface area contributed by atoms with Crippen LogP contribution in [0.3, 0.4) is 0 Å². The Morgan fingerprint density at radius 3 is 1.35 bits per heavy atom. The second-order valence-electron chi connectivity index (χ2n) is 13.9. The van der Waals surface area contributed by atoms with Crippen molar-refractivity contribution in [2.24, 2.45) is 4.99 Å². The molecule has 0 spiro atoms. The van der Waals surface area contributed by atoms with Crippen LogP contribution in [-0.2, 0) is 0 Å². The summed E-state index contributed by atoms with van der Waals surface area (Å²) in [6.45, 7) is 0. The lowest BCUT2D eigenvalue weighted by Gasteiger charge is -2.42. The summed E-state index contributed by atoms with van der Waals surface area (Å²) < 4.78 is 0. The van der Waals surface area contributed by atoms with Crippen molar-refractivity contribution >= 4 is 28.1 Å². The summed E-state index contributed by atoms with van der Waals surface area (Å²) in [5, 5.41) is 12.5. The molecular weight excluding hydrogens is 588 g/mol. The molecule has 7 aromatic rings. The predicted molar refractivity (Wildman–Crippen MR) is 186 cm³/mol. The third-order valence-corrected chi connectivity index (χ3v) is 11.8. The third-order valence-electron chi connectivity index (χ3n) is 11.8. The van der Waals surface area contributed by atoms with Crippen molar-refractivity contribution in [3.05, 3.63) is 199 Å². The summed E-state index contributed by atoms with van der Waals surface area (Å²) in [6, 6.07) is 43.4. The van der Waals surface area contributed by atoms with E-state index in [-0.39, 0.29) is 40.9 Å². The third kappa shape index (κ3) is 2.85. The van der Waals surface area contributed by atoms with Crippen LogP contribution < -0.4 is 0 Å². The SMILES string of the molecule is O=C1C(c2[nH]c3cc4c(cc3c2O)C2c3ccccc3C4c3ccccc32)=Nc2cc3c(cc21)C1c2ccccc2C3c2ccccc21. The van der Waals surface area contributed by atoms with Gasteiger partial charge in [-0.1, -0.05) is 97.1 Å². The number of H-pyrrole nitrogens is 1. The maximum absolute atomic E-state index is 14.2. The van der Waals surface area contributed by atoms with Crippen LogP contribution in [-0.4, -0.2) is 21.6 Å². The molecule has 14 rings (SSSR count). The molecule has 4 bridgehead atoms. The molecule has 0 fully saturated rings. The highest BCUT2D eigenvalue weighted by Gasteiger charge is 2.44. The fourth-order valence-electron chi connectivity index (χ4n) is 9.95. The smallest absolute Gasteiger partial charge is 0.215 e. The molecule has 0 amide bonds. The molecule has 0 atom stereocenters. The Balaban J connectivity index is 1.01. The number of carbonyl (C=O) groups is 1. The van der Waals surface area contributed by atoms with Gasteiger partial charge in [-0.05, 0) is 91.0 Å². The molecule has 1 aromatic heterocycles. The number of fused-ring (bicyclic) bond motifs is 2. The quantitative estimate of drug-likeness (QED) is 0.194. The van der Waals surface area contributed by atoms with E-state index in [1.54, 1.807) is 0 Å². The van der Waals surface area contributed by atoms with Gasteiger partial charge in [0, 0.05) is 29.1 Å². The van der Waals surface area contributed by atoms with Crippen molar-refractivity contribution in [1.82, 2.24) is 4.98 Å². The van der Waals surface area contributed by atoms with Gasteiger partial charge in [-0.2, -0.15) is 0 Å². The fraction of sp³-hybridized carbons (Fsp3) is 0.0909. The summed E-state index contributed by atoms with van der Waals surface area (Å²) in [4.78, 5) is 22.6. The second-order valence-corrected chi connectivity index (χ2v) is 13.9. The van der Waals surface area contributed by atoms with Gasteiger partial charge in [0.1, 0.15) is 11.4 Å². The van der Waals surface area contributed by atoms with Crippen molar-refractivity contribution in [2.45, 2.75) is 23.7 Å². The first kappa shape index (κ1) is 25.1. The molecule has 0 saturated carbocycles. The first-order chi connectivity index (χ1) is 23.7. The molecular formula is C44H26N2O2. The Hall–Kier alpha value is -6.00. The van der Waals surface area contributed by atoms with E-state index >= 15 is 0 Å². The predicted octanol–water partition coefficient (Wildman–Crippen LogP) is 9.16. The van der Waals surface area contributed by atoms with Crippen LogP contribution in [0.5, 0.6) is 5.75 Å². The van der Waals surface area contributed by atoms with E-state index in [1.165, 1.54) is 66.8 Å². The zero-order valence-electron chi connectivity index (χ0n) is 25.7. The second kappa shape index (κ2) is 8.47. The Morgan fingerprint density at radius 2 is 0.896 bits per heavy atom. The topological polar surface area (TPSA) is 65.5 Å². The highest BCUT2D eigenvalue weighted by molar-refractivity contribution is 6.55. The van der Waals surface area contributed by atoms with Crippen molar-refractivity contribution in [1.29, 1.82) is 0 Å². The molecule has 2 heterocycles. The van der Waals surface area contributed by atoms with Crippen LogP contribution in [0, 0.1) is 0 Å². The number of carbonyl (C=O) groups excluding carboxylic acids is 1. The highest BCUT2D eigenvalue weighted by atomic mass is 16.3. The fourth-order valence-corrected chi connectivity index (χ4v) is 9.95. The molecule has 2 N–H and O–H groups in total.